The molecule has 2 aliphatic heterocycles. The van der Waals surface area contributed by atoms with Gasteiger partial charge in [0.05, 0.1) is 20.9 Å². The van der Waals surface area contributed by atoms with E-state index in [4.69, 9.17) is 38.4 Å². The number of fused-ring (bicyclic) bond motifs is 9. The van der Waals surface area contributed by atoms with Crippen LogP contribution in [-0.2, 0) is 94.8 Å². The van der Waals surface area contributed by atoms with E-state index in [-0.39, 0.29) is 80.0 Å². The van der Waals surface area contributed by atoms with E-state index in [2.05, 4.69) is 0 Å². The first-order valence-electron chi connectivity index (χ1n) is 28.2. The quantitative estimate of drug-likeness (QED) is 0.0247. The second-order valence-electron chi connectivity index (χ2n) is 21.7. The van der Waals surface area contributed by atoms with Gasteiger partial charge in [0, 0.05) is 57.4 Å². The Labute approximate surface area is 525 Å². The van der Waals surface area contributed by atoms with E-state index in [1.807, 2.05) is 0 Å². The summed E-state index contributed by atoms with van der Waals surface area (Å²) in [6, 6.07) is 36.6. The van der Waals surface area contributed by atoms with Crippen molar-refractivity contribution in [3.8, 4) is 0 Å². The number of aromatic nitrogens is 2. The standard InChI is InChI=1S/C70H40F4N2O14S2/c71-41-25-43-45(57(77)59(79)55(43)49(73)27-41)29-53-75-63-61(91-53)47-21-40-24-52-48(22-39(40)23-51(47)89-69(63,65(81)85-31-35-13-5-1-6-14-35)66(82)86-32-36-15-7-2-8-16-36)62-64(76-54(92-62)30-46-44-26-42(72)28-50(74)56(44)60(80)58(46)78)70(90-52,67(83)87-33-37-17-9-3-10-18-37)68(84)88-34-38-19-11-4-12-20-38/h1-30,39-40H,31-34H2/b45-29-,46-30-. The number of halogens is 4. The van der Waals surface area contributed by atoms with Gasteiger partial charge in [0.1, 0.15) is 82.6 Å². The molecule has 2 atom stereocenters. The van der Waals surface area contributed by atoms with Crippen LogP contribution in [0.1, 0.15) is 85.3 Å². The lowest BCUT2D eigenvalue weighted by atomic mass is 9.76. The number of carbonyl (C=O) groups excluding carboxylic acids is 8. The molecule has 0 saturated heterocycles. The molecule has 0 amide bonds. The van der Waals surface area contributed by atoms with Crippen LogP contribution >= 0.6 is 22.7 Å². The Morgan fingerprint density at radius 3 is 1.08 bits per heavy atom. The Kier molecular flexibility index (Phi) is 14.7. The van der Waals surface area contributed by atoms with Gasteiger partial charge in [0.2, 0.25) is 23.1 Å². The number of rotatable bonds is 14. The van der Waals surface area contributed by atoms with Gasteiger partial charge in [0.15, 0.2) is 0 Å². The fraction of sp³-hybridized carbons (Fsp3) is 0.114. The monoisotopic (exact) mass is 1270 g/mol. The molecular weight excluding hydrogens is 1230 g/mol. The summed E-state index contributed by atoms with van der Waals surface area (Å²) < 4.78 is 97.5. The van der Waals surface area contributed by atoms with Crippen molar-refractivity contribution in [2.75, 3.05) is 0 Å². The first-order valence-corrected chi connectivity index (χ1v) is 29.9. The van der Waals surface area contributed by atoms with Crippen molar-refractivity contribution >= 4 is 104 Å². The molecule has 22 heteroatoms. The third kappa shape index (κ3) is 9.99. The highest BCUT2D eigenvalue weighted by molar-refractivity contribution is 7.14. The number of allylic oxidation sites excluding steroid dienone is 8. The summed E-state index contributed by atoms with van der Waals surface area (Å²) >= 11 is 1.62. The van der Waals surface area contributed by atoms with Gasteiger partial charge in [-0.1, -0.05) is 133 Å². The molecule has 0 saturated carbocycles. The highest BCUT2D eigenvalue weighted by atomic mass is 32.1. The Morgan fingerprint density at radius 1 is 0.446 bits per heavy atom. The molecule has 6 aromatic carbocycles. The maximum Gasteiger partial charge on any atom is 0.369 e. The van der Waals surface area contributed by atoms with Crippen LogP contribution in [0.15, 0.2) is 181 Å². The third-order valence-electron chi connectivity index (χ3n) is 15.9. The van der Waals surface area contributed by atoms with Gasteiger partial charge in [0.25, 0.3) is 0 Å². The SMILES string of the molecule is O=C1C(=O)c2c(F)cc(F)cc2/C1=C/c1nc2c(s1)C1=CC3C=C4OC(C(=O)OCc5ccccc5)(C(=O)OCc5ccccc5)c5nc(/C=C6\C(=O)C(=O)c7c(F)cc(F)cc76)sc5C4=CC3C=C1OC2(C(=O)OCc1ccccc1)C(=O)OCc1ccccc1. The van der Waals surface area contributed by atoms with Crippen LogP contribution < -0.4 is 0 Å². The normalized spacial score (nSPS) is 18.4. The van der Waals surface area contributed by atoms with Crippen molar-refractivity contribution in [2.45, 2.75) is 37.6 Å². The van der Waals surface area contributed by atoms with Crippen LogP contribution in [0.4, 0.5) is 17.6 Å². The summed E-state index contributed by atoms with van der Waals surface area (Å²) in [6.07, 6.45) is 8.68. The predicted octanol–water partition coefficient (Wildman–Crippen LogP) is 11.7. The van der Waals surface area contributed by atoms with E-state index in [9.17, 15) is 28.0 Å². The van der Waals surface area contributed by atoms with E-state index in [0.29, 0.717) is 34.4 Å². The van der Waals surface area contributed by atoms with Gasteiger partial charge in [-0.15, -0.1) is 22.7 Å². The zero-order chi connectivity index (χ0) is 63.7. The van der Waals surface area contributed by atoms with Crippen molar-refractivity contribution in [3.63, 3.8) is 0 Å². The number of ether oxygens (including phenoxy) is 6. The lowest BCUT2D eigenvalue weighted by Gasteiger charge is -2.40. The molecule has 4 aliphatic carbocycles. The van der Waals surface area contributed by atoms with Crippen LogP contribution in [-0.4, -0.2) is 57.0 Å². The summed E-state index contributed by atoms with van der Waals surface area (Å²) in [6.45, 7) is -1.53. The largest absolute Gasteiger partial charge is 0.458 e. The number of thiazole rings is 2. The molecule has 2 unspecified atom stereocenters. The minimum Gasteiger partial charge on any atom is -0.458 e. The lowest BCUT2D eigenvalue weighted by molar-refractivity contribution is -0.191. The molecular formula is C70H40F4N2O14S2. The van der Waals surface area contributed by atoms with Crippen LogP contribution in [0.5, 0.6) is 0 Å². The molecule has 0 N–H and O–H groups in total. The predicted molar refractivity (Wildman–Crippen MR) is 321 cm³/mol. The van der Waals surface area contributed by atoms with Gasteiger partial charge in [-0.25, -0.2) is 46.7 Å². The van der Waals surface area contributed by atoms with Gasteiger partial charge < -0.3 is 28.4 Å². The third-order valence-corrected chi connectivity index (χ3v) is 18.0. The lowest BCUT2D eigenvalue weighted by Crippen LogP contribution is -2.51. The molecule has 16 nitrogen and oxygen atoms in total. The van der Waals surface area contributed by atoms with E-state index in [1.54, 1.807) is 146 Å². The number of carbonyl (C=O) groups is 8. The van der Waals surface area contributed by atoms with Gasteiger partial charge >= 0.3 is 35.1 Å². The van der Waals surface area contributed by atoms with Gasteiger partial charge in [-0.3, -0.25) is 19.2 Å². The van der Waals surface area contributed by atoms with Crippen molar-refractivity contribution in [3.05, 3.63) is 280 Å². The summed E-state index contributed by atoms with van der Waals surface area (Å²) in [5.41, 5.74) is -7.11. The average molecular weight is 1270 g/mol. The van der Waals surface area contributed by atoms with Gasteiger partial charge in [-0.2, -0.15) is 0 Å². The molecule has 0 fully saturated rings. The maximum atomic E-state index is 15.2. The molecule has 92 heavy (non-hydrogen) atoms. The molecule has 0 spiro atoms. The number of ketones is 4. The fourth-order valence-electron chi connectivity index (χ4n) is 11.5. The van der Waals surface area contributed by atoms with Crippen molar-refractivity contribution in [1.82, 2.24) is 9.97 Å². The summed E-state index contributed by atoms with van der Waals surface area (Å²) in [5.74, 6) is -16.7. The van der Waals surface area contributed by atoms with Crippen LogP contribution in [0, 0.1) is 35.1 Å². The van der Waals surface area contributed by atoms with E-state index < -0.39 is 127 Å². The number of benzene rings is 6. The highest BCUT2D eigenvalue weighted by Crippen LogP contribution is 2.56. The number of Topliss-reactive ketones (excluding diaryl/α,β-unsaturated/α-hetero) is 4. The van der Waals surface area contributed by atoms with Crippen molar-refractivity contribution < 1.29 is 84.3 Å². The van der Waals surface area contributed by atoms with Crippen molar-refractivity contribution in [1.29, 1.82) is 0 Å². The molecule has 454 valence electrons. The second-order valence-corrected chi connectivity index (χ2v) is 23.8. The first kappa shape index (κ1) is 58.6. The molecule has 4 heterocycles. The fourth-order valence-corrected chi connectivity index (χ4v) is 13.7. The molecule has 0 bridgehead atoms. The maximum absolute atomic E-state index is 15.2. The summed E-state index contributed by atoms with van der Waals surface area (Å²) in [7, 11) is 0. The summed E-state index contributed by atoms with van der Waals surface area (Å²) in [4.78, 5) is 124. The highest BCUT2D eigenvalue weighted by Gasteiger charge is 2.63. The number of esters is 4. The second kappa shape index (κ2) is 23.0. The topological polar surface area (TPSA) is 218 Å². The Bertz CT molecular complexity index is 4350. The number of nitrogens with zero attached hydrogens (tertiary/aromatic N) is 2. The van der Waals surface area contributed by atoms with Crippen LogP contribution in [0.3, 0.4) is 0 Å². The Morgan fingerprint density at radius 2 is 0.761 bits per heavy atom. The molecule has 2 aromatic heterocycles. The van der Waals surface area contributed by atoms with E-state index in [0.717, 1.165) is 47.0 Å². The van der Waals surface area contributed by atoms with E-state index >= 15 is 28.0 Å². The zero-order valence-electron chi connectivity index (χ0n) is 47.2. The molecule has 14 rings (SSSR count). The molecule has 8 aromatic rings. The molecule has 0 radical (unpaired) electrons. The van der Waals surface area contributed by atoms with Gasteiger partial charge in [-0.05, 0) is 58.7 Å². The minimum absolute atomic E-state index is 0.0632. The van der Waals surface area contributed by atoms with Crippen LogP contribution in [0.25, 0.3) is 34.4 Å². The number of hydrogen-bond acceptors (Lipinski definition) is 18. The first-order chi connectivity index (χ1) is 44.5. The Balaban J connectivity index is 0.940. The average Bonchev–Trinajstić information content (AvgIpc) is 1.34. The van der Waals surface area contributed by atoms with E-state index in [1.165, 1.54) is 0 Å². The summed E-state index contributed by atoms with van der Waals surface area (Å²) in [5, 5.41) is -0.294. The van der Waals surface area contributed by atoms with Crippen molar-refractivity contribution in [2.24, 2.45) is 11.8 Å². The zero-order valence-corrected chi connectivity index (χ0v) is 48.9. The minimum atomic E-state index is -2.90. The smallest absolute Gasteiger partial charge is 0.369 e. The van der Waals surface area contributed by atoms with Crippen LogP contribution in [0.2, 0.25) is 0 Å². The molecule has 6 aliphatic rings. The number of hydrogen-bond donors (Lipinski definition) is 0. The Hall–Kier alpha value is -11.1.